The number of carbonyl (C=O) groups excluding carboxylic acids is 1. The maximum atomic E-state index is 11.9. The molecule has 0 saturated carbocycles. The summed E-state index contributed by atoms with van der Waals surface area (Å²) in [6, 6.07) is 6.01. The van der Waals surface area contributed by atoms with Gasteiger partial charge in [-0.25, -0.2) is 9.59 Å². The van der Waals surface area contributed by atoms with Gasteiger partial charge in [0.25, 0.3) is 0 Å². The van der Waals surface area contributed by atoms with E-state index in [1.165, 1.54) is 11.8 Å². The average molecular weight is 469 g/mol. The minimum Gasteiger partial charge on any atom is -0.478 e. The number of carboxylic acid groups (broad SMARTS) is 1. The topological polar surface area (TPSA) is 105 Å². The summed E-state index contributed by atoms with van der Waals surface area (Å²) >= 11 is 0. The molecule has 1 atom stereocenters. The molecule has 1 amide bonds. The molecule has 1 aliphatic carbocycles. The molecule has 184 valence electrons. The minimum absolute atomic E-state index is 0.184. The summed E-state index contributed by atoms with van der Waals surface area (Å²) in [5.41, 5.74) is 3.85. The molecule has 0 bridgehead atoms. The van der Waals surface area contributed by atoms with Crippen LogP contribution in [-0.4, -0.2) is 50.7 Å². The molecule has 0 aliphatic heterocycles. The summed E-state index contributed by atoms with van der Waals surface area (Å²) in [6.45, 7) is 9.43. The highest BCUT2D eigenvalue weighted by atomic mass is 16.6. The summed E-state index contributed by atoms with van der Waals surface area (Å²) < 4.78 is 5.30. The number of aromatic carboxylic acids is 1. The zero-order valence-electron chi connectivity index (χ0n) is 20.6. The number of carboxylic acids is 1. The monoisotopic (exact) mass is 468 g/mol. The second kappa shape index (κ2) is 11.4. The zero-order chi connectivity index (χ0) is 24.7. The average Bonchev–Trinajstić information content (AvgIpc) is 2.77. The van der Waals surface area contributed by atoms with Crippen LogP contribution < -0.4 is 5.32 Å². The van der Waals surface area contributed by atoms with E-state index in [0.717, 1.165) is 55.6 Å². The summed E-state index contributed by atoms with van der Waals surface area (Å²) in [7, 11) is 0. The van der Waals surface area contributed by atoms with Gasteiger partial charge in [-0.05, 0) is 89.6 Å². The normalized spacial score (nSPS) is 15.6. The molecule has 2 aromatic rings. The number of nitrogens with one attached hydrogen (secondary N) is 1. The summed E-state index contributed by atoms with van der Waals surface area (Å²) in [6.07, 6.45) is 7.76. The molecule has 2 N–H and O–H groups in total. The fourth-order valence-electron chi connectivity index (χ4n) is 4.31. The van der Waals surface area contributed by atoms with Crippen molar-refractivity contribution in [2.75, 3.05) is 13.1 Å². The van der Waals surface area contributed by atoms with Gasteiger partial charge in [-0.15, -0.1) is 0 Å². The van der Waals surface area contributed by atoms with Crippen LogP contribution in [0.15, 0.2) is 30.6 Å². The number of carbonyl (C=O) groups is 2. The van der Waals surface area contributed by atoms with E-state index < -0.39 is 17.7 Å². The fourth-order valence-corrected chi connectivity index (χ4v) is 4.31. The van der Waals surface area contributed by atoms with Gasteiger partial charge in [0.2, 0.25) is 0 Å². The number of hydrogen-bond donors (Lipinski definition) is 2. The van der Waals surface area contributed by atoms with Crippen LogP contribution in [0.5, 0.6) is 0 Å². The predicted molar refractivity (Wildman–Crippen MR) is 130 cm³/mol. The molecule has 8 heteroatoms. The van der Waals surface area contributed by atoms with Gasteiger partial charge in [0.1, 0.15) is 5.60 Å². The molecule has 2 aromatic heterocycles. The van der Waals surface area contributed by atoms with E-state index in [-0.39, 0.29) is 11.6 Å². The van der Waals surface area contributed by atoms with Crippen molar-refractivity contribution in [1.29, 1.82) is 0 Å². The Hall–Kier alpha value is -3.00. The van der Waals surface area contributed by atoms with E-state index in [1.807, 2.05) is 40.0 Å². The zero-order valence-corrected chi connectivity index (χ0v) is 20.6. The second-order valence-corrected chi connectivity index (χ2v) is 9.85. The van der Waals surface area contributed by atoms with Crippen LogP contribution in [0.1, 0.15) is 85.4 Å². The number of alkyl carbamates (subject to hydrolysis) is 1. The number of ether oxygens (including phenoxy) is 1. The lowest BCUT2D eigenvalue weighted by Gasteiger charge is -2.35. The Morgan fingerprint density at radius 3 is 2.76 bits per heavy atom. The number of fused-ring (bicyclic) bond motifs is 1. The fraction of sp³-hybridized carbons (Fsp3) is 0.538. The number of rotatable bonds is 9. The van der Waals surface area contributed by atoms with Crippen LogP contribution in [0.25, 0.3) is 0 Å². The maximum Gasteiger partial charge on any atom is 0.407 e. The molecule has 34 heavy (non-hydrogen) atoms. The standard InChI is InChI=1S/C26H36N4O4/c1-18-15-20(24(31)32)16-29-21(18)17-30(14-6-5-12-28-25(33)34-26(2,3)4)22-11-7-9-19-10-8-13-27-23(19)22/h8,10,13,15-16,22H,5-7,9,11-12,14,17H2,1-4H3,(H,28,33)(H,31,32). The molecule has 0 aromatic carbocycles. The molecule has 8 nitrogen and oxygen atoms in total. The van der Waals surface area contributed by atoms with Gasteiger partial charge in [0.15, 0.2) is 0 Å². The molecule has 2 heterocycles. The van der Waals surface area contributed by atoms with Crippen molar-refractivity contribution in [2.24, 2.45) is 0 Å². The van der Waals surface area contributed by atoms with Crippen LogP contribution >= 0.6 is 0 Å². The quantitative estimate of drug-likeness (QED) is 0.515. The Kier molecular flexibility index (Phi) is 8.61. The smallest absolute Gasteiger partial charge is 0.407 e. The molecule has 1 aliphatic rings. The van der Waals surface area contributed by atoms with E-state index in [1.54, 1.807) is 6.07 Å². The Bertz CT molecular complexity index is 1000. The number of aryl methyl sites for hydroxylation is 2. The molecular formula is C26H36N4O4. The third-order valence-electron chi connectivity index (χ3n) is 5.93. The van der Waals surface area contributed by atoms with Gasteiger partial charge < -0.3 is 15.2 Å². The SMILES string of the molecule is Cc1cc(C(=O)O)cnc1CN(CCCCNC(=O)OC(C)(C)C)C1CCCc2cccnc21. The Balaban J connectivity index is 1.68. The predicted octanol–water partition coefficient (Wildman–Crippen LogP) is 4.67. The molecule has 0 fully saturated rings. The van der Waals surface area contributed by atoms with Crippen LogP contribution in [0.4, 0.5) is 4.79 Å². The van der Waals surface area contributed by atoms with Crippen LogP contribution in [-0.2, 0) is 17.7 Å². The Morgan fingerprint density at radius 1 is 1.26 bits per heavy atom. The first kappa shape index (κ1) is 25.6. The number of aromatic nitrogens is 2. The number of amides is 1. The molecule has 0 saturated heterocycles. The van der Waals surface area contributed by atoms with E-state index in [2.05, 4.69) is 21.3 Å². The largest absolute Gasteiger partial charge is 0.478 e. The van der Waals surface area contributed by atoms with Crippen molar-refractivity contribution >= 4 is 12.1 Å². The molecular weight excluding hydrogens is 432 g/mol. The van der Waals surface area contributed by atoms with Gasteiger partial charge in [-0.3, -0.25) is 14.9 Å². The van der Waals surface area contributed by atoms with Crippen molar-refractivity contribution in [3.05, 3.63) is 58.7 Å². The lowest BCUT2D eigenvalue weighted by Crippen LogP contribution is -2.34. The van der Waals surface area contributed by atoms with Gasteiger partial charge >= 0.3 is 12.1 Å². The minimum atomic E-state index is -0.970. The third kappa shape index (κ3) is 7.25. The van der Waals surface area contributed by atoms with E-state index in [4.69, 9.17) is 9.72 Å². The van der Waals surface area contributed by atoms with Crippen molar-refractivity contribution in [3.63, 3.8) is 0 Å². The summed E-state index contributed by atoms with van der Waals surface area (Å²) in [5, 5.41) is 12.1. The first-order valence-electron chi connectivity index (χ1n) is 12.0. The van der Waals surface area contributed by atoms with Gasteiger partial charge in [0, 0.05) is 25.5 Å². The Labute approximate surface area is 201 Å². The van der Waals surface area contributed by atoms with Crippen LogP contribution in [0.2, 0.25) is 0 Å². The van der Waals surface area contributed by atoms with Crippen molar-refractivity contribution < 1.29 is 19.4 Å². The van der Waals surface area contributed by atoms with E-state index in [9.17, 15) is 14.7 Å². The van der Waals surface area contributed by atoms with Crippen molar-refractivity contribution in [2.45, 2.75) is 78.0 Å². The van der Waals surface area contributed by atoms with Gasteiger partial charge in [-0.2, -0.15) is 0 Å². The van der Waals surface area contributed by atoms with Gasteiger partial charge in [-0.1, -0.05) is 6.07 Å². The lowest BCUT2D eigenvalue weighted by atomic mass is 9.90. The van der Waals surface area contributed by atoms with Crippen LogP contribution in [0, 0.1) is 6.92 Å². The van der Waals surface area contributed by atoms with E-state index in [0.29, 0.717) is 13.1 Å². The summed E-state index contributed by atoms with van der Waals surface area (Å²) in [4.78, 5) is 34.8. The van der Waals surface area contributed by atoms with Crippen molar-refractivity contribution in [3.8, 4) is 0 Å². The number of hydrogen-bond acceptors (Lipinski definition) is 6. The molecule has 0 spiro atoms. The first-order valence-corrected chi connectivity index (χ1v) is 12.0. The third-order valence-corrected chi connectivity index (χ3v) is 5.93. The van der Waals surface area contributed by atoms with Gasteiger partial charge in [0.05, 0.1) is 23.0 Å². The first-order chi connectivity index (χ1) is 16.1. The maximum absolute atomic E-state index is 11.9. The highest BCUT2D eigenvalue weighted by Crippen LogP contribution is 2.34. The second-order valence-electron chi connectivity index (χ2n) is 9.85. The highest BCUT2D eigenvalue weighted by Gasteiger charge is 2.27. The Morgan fingerprint density at radius 2 is 2.06 bits per heavy atom. The molecule has 1 unspecified atom stereocenters. The van der Waals surface area contributed by atoms with E-state index >= 15 is 0 Å². The molecule has 3 rings (SSSR count). The van der Waals surface area contributed by atoms with Crippen molar-refractivity contribution in [1.82, 2.24) is 20.2 Å². The lowest BCUT2D eigenvalue weighted by molar-refractivity contribution is 0.0525. The number of nitrogens with zero attached hydrogens (tertiary/aromatic N) is 3. The molecule has 0 radical (unpaired) electrons. The summed E-state index contributed by atoms with van der Waals surface area (Å²) in [5.74, 6) is -0.970. The number of pyridine rings is 2. The highest BCUT2D eigenvalue weighted by molar-refractivity contribution is 5.87. The number of unbranched alkanes of at least 4 members (excludes halogenated alkanes) is 1. The van der Waals surface area contributed by atoms with Crippen LogP contribution in [0.3, 0.4) is 0 Å².